The minimum Gasteiger partial charge on any atom is -0.348 e. The first-order valence-electron chi connectivity index (χ1n) is 9.58. The van der Waals surface area contributed by atoms with Crippen molar-refractivity contribution in [3.05, 3.63) is 68.9 Å². The second kappa shape index (κ2) is 9.59. The van der Waals surface area contributed by atoms with Gasteiger partial charge in [0.05, 0.1) is 22.7 Å². The van der Waals surface area contributed by atoms with Gasteiger partial charge in [0.15, 0.2) is 5.16 Å². The lowest BCUT2D eigenvalue weighted by molar-refractivity contribution is -0.119. The Hall–Kier alpha value is -2.12. The van der Waals surface area contributed by atoms with E-state index in [-0.39, 0.29) is 29.2 Å². The maximum atomic E-state index is 12.8. The third-order valence-corrected chi connectivity index (χ3v) is 6.14. The van der Waals surface area contributed by atoms with E-state index in [1.165, 1.54) is 11.8 Å². The summed E-state index contributed by atoms with van der Waals surface area (Å²) in [5, 5.41) is 4.25. The van der Waals surface area contributed by atoms with Gasteiger partial charge in [-0.1, -0.05) is 71.9 Å². The van der Waals surface area contributed by atoms with Crippen molar-refractivity contribution in [1.82, 2.24) is 14.9 Å². The normalized spacial score (nSPS) is 12.3. The largest absolute Gasteiger partial charge is 0.348 e. The standard InChI is InChI=1S/C22H24BrN3O2S/c1-4-26-21(28)17-12-16(23)10-11-18(17)24-22(26)29-13-19(27)25-20(14(2)3)15-8-6-5-7-9-15/h5-12,14,20H,4,13H2,1-3H3,(H,25,27). The van der Waals surface area contributed by atoms with E-state index in [2.05, 4.69) is 40.1 Å². The lowest BCUT2D eigenvalue weighted by Crippen LogP contribution is -2.33. The first kappa shape index (κ1) is 21.6. The number of thioether (sulfide) groups is 1. The summed E-state index contributed by atoms with van der Waals surface area (Å²) >= 11 is 4.69. The lowest BCUT2D eigenvalue weighted by atomic mass is 9.96. The van der Waals surface area contributed by atoms with Crippen LogP contribution in [-0.4, -0.2) is 21.2 Å². The molecule has 0 radical (unpaired) electrons. The Morgan fingerprint density at radius 3 is 2.59 bits per heavy atom. The number of carbonyl (C=O) groups excluding carboxylic acids is 1. The molecule has 1 aromatic heterocycles. The summed E-state index contributed by atoms with van der Waals surface area (Å²) in [6.45, 7) is 6.57. The van der Waals surface area contributed by atoms with Crippen molar-refractivity contribution in [2.75, 3.05) is 5.75 Å². The van der Waals surface area contributed by atoms with Crippen LogP contribution in [-0.2, 0) is 11.3 Å². The number of carbonyl (C=O) groups is 1. The van der Waals surface area contributed by atoms with E-state index in [0.29, 0.717) is 22.6 Å². The minimum absolute atomic E-state index is 0.0559. The van der Waals surface area contributed by atoms with Crippen molar-refractivity contribution >= 4 is 44.5 Å². The number of amides is 1. The third-order valence-electron chi connectivity index (χ3n) is 4.67. The van der Waals surface area contributed by atoms with Gasteiger partial charge in [-0.05, 0) is 36.6 Å². The average molecular weight is 474 g/mol. The maximum absolute atomic E-state index is 12.8. The predicted molar refractivity (Wildman–Crippen MR) is 122 cm³/mol. The van der Waals surface area contributed by atoms with Crippen molar-refractivity contribution in [2.24, 2.45) is 5.92 Å². The molecule has 1 N–H and O–H groups in total. The molecular formula is C22H24BrN3O2S. The SMILES string of the molecule is CCn1c(SCC(=O)NC(c2ccccc2)C(C)C)nc2ccc(Br)cc2c1=O. The van der Waals surface area contributed by atoms with Crippen LogP contribution in [0.1, 0.15) is 32.4 Å². The van der Waals surface area contributed by atoms with E-state index in [4.69, 9.17) is 0 Å². The summed E-state index contributed by atoms with van der Waals surface area (Å²) in [5.41, 5.74) is 1.63. The summed E-state index contributed by atoms with van der Waals surface area (Å²) in [6, 6.07) is 15.4. The topological polar surface area (TPSA) is 64.0 Å². The van der Waals surface area contributed by atoms with Gasteiger partial charge in [0, 0.05) is 11.0 Å². The van der Waals surface area contributed by atoms with Crippen LogP contribution in [0.15, 0.2) is 63.0 Å². The Labute approximate surface area is 183 Å². The van der Waals surface area contributed by atoms with Crippen molar-refractivity contribution in [2.45, 2.75) is 38.5 Å². The van der Waals surface area contributed by atoms with Gasteiger partial charge in [0.2, 0.25) is 5.91 Å². The van der Waals surface area contributed by atoms with E-state index in [0.717, 1.165) is 10.0 Å². The first-order valence-corrected chi connectivity index (χ1v) is 11.4. The van der Waals surface area contributed by atoms with Crippen LogP contribution in [0.3, 0.4) is 0 Å². The van der Waals surface area contributed by atoms with Crippen LogP contribution >= 0.6 is 27.7 Å². The number of hydrogen-bond donors (Lipinski definition) is 1. The molecule has 2 aromatic carbocycles. The molecule has 29 heavy (non-hydrogen) atoms. The molecule has 0 aliphatic heterocycles. The molecule has 0 saturated carbocycles. The number of aromatic nitrogens is 2. The van der Waals surface area contributed by atoms with E-state index in [1.54, 1.807) is 10.6 Å². The number of hydrogen-bond acceptors (Lipinski definition) is 4. The van der Waals surface area contributed by atoms with Gasteiger partial charge in [0.25, 0.3) is 5.56 Å². The third kappa shape index (κ3) is 5.08. The fourth-order valence-corrected chi connectivity index (χ4v) is 4.44. The fraction of sp³-hybridized carbons (Fsp3) is 0.318. The summed E-state index contributed by atoms with van der Waals surface area (Å²) < 4.78 is 2.45. The molecule has 0 aliphatic carbocycles. The van der Waals surface area contributed by atoms with Crippen LogP contribution in [0.5, 0.6) is 0 Å². The van der Waals surface area contributed by atoms with Crippen LogP contribution in [0, 0.1) is 5.92 Å². The molecule has 1 unspecified atom stereocenters. The average Bonchev–Trinajstić information content (AvgIpc) is 2.71. The van der Waals surface area contributed by atoms with Crippen LogP contribution in [0.2, 0.25) is 0 Å². The van der Waals surface area contributed by atoms with Gasteiger partial charge in [-0.3, -0.25) is 14.2 Å². The van der Waals surface area contributed by atoms with E-state index < -0.39 is 0 Å². The Kier molecular flexibility index (Phi) is 7.14. The van der Waals surface area contributed by atoms with Gasteiger partial charge < -0.3 is 5.32 Å². The number of nitrogens with zero attached hydrogens (tertiary/aromatic N) is 2. The molecule has 5 nitrogen and oxygen atoms in total. The molecule has 1 heterocycles. The van der Waals surface area contributed by atoms with Crippen LogP contribution < -0.4 is 10.9 Å². The molecule has 0 bridgehead atoms. The summed E-state index contributed by atoms with van der Waals surface area (Å²) in [7, 11) is 0. The van der Waals surface area contributed by atoms with E-state index in [1.807, 2.05) is 49.4 Å². The Morgan fingerprint density at radius 1 is 1.21 bits per heavy atom. The highest BCUT2D eigenvalue weighted by atomic mass is 79.9. The smallest absolute Gasteiger partial charge is 0.262 e. The monoisotopic (exact) mass is 473 g/mol. The van der Waals surface area contributed by atoms with Crippen molar-refractivity contribution in [3.63, 3.8) is 0 Å². The molecule has 0 spiro atoms. The maximum Gasteiger partial charge on any atom is 0.262 e. The number of halogens is 1. The molecule has 0 fully saturated rings. The Morgan fingerprint density at radius 2 is 1.93 bits per heavy atom. The number of benzene rings is 2. The van der Waals surface area contributed by atoms with E-state index in [9.17, 15) is 9.59 Å². The molecular weight excluding hydrogens is 450 g/mol. The highest BCUT2D eigenvalue weighted by molar-refractivity contribution is 9.10. The molecule has 3 aromatic rings. The minimum atomic E-state index is -0.0916. The van der Waals surface area contributed by atoms with Gasteiger partial charge in [-0.2, -0.15) is 0 Å². The zero-order chi connectivity index (χ0) is 21.0. The summed E-state index contributed by atoms with van der Waals surface area (Å²) in [4.78, 5) is 30.1. The zero-order valence-corrected chi connectivity index (χ0v) is 19.1. The fourth-order valence-electron chi connectivity index (χ4n) is 3.20. The number of nitrogens with one attached hydrogen (secondary N) is 1. The molecule has 0 aliphatic rings. The second-order valence-corrected chi connectivity index (χ2v) is 8.95. The van der Waals surface area contributed by atoms with Gasteiger partial charge in [-0.25, -0.2) is 4.98 Å². The van der Waals surface area contributed by atoms with Gasteiger partial charge >= 0.3 is 0 Å². The molecule has 1 atom stereocenters. The summed E-state index contributed by atoms with van der Waals surface area (Å²) in [6.07, 6.45) is 0. The highest BCUT2D eigenvalue weighted by Crippen LogP contribution is 2.23. The quantitative estimate of drug-likeness (QED) is 0.395. The van der Waals surface area contributed by atoms with Gasteiger partial charge in [0.1, 0.15) is 0 Å². The summed E-state index contributed by atoms with van der Waals surface area (Å²) in [5.74, 6) is 0.382. The molecule has 1 amide bonds. The Bertz CT molecular complexity index is 1070. The number of rotatable bonds is 7. The van der Waals surface area contributed by atoms with E-state index >= 15 is 0 Å². The van der Waals surface area contributed by atoms with Gasteiger partial charge in [-0.15, -0.1) is 0 Å². The van der Waals surface area contributed by atoms with Crippen molar-refractivity contribution in [1.29, 1.82) is 0 Å². The zero-order valence-electron chi connectivity index (χ0n) is 16.7. The lowest BCUT2D eigenvalue weighted by Gasteiger charge is -2.23. The van der Waals surface area contributed by atoms with Crippen molar-refractivity contribution in [3.8, 4) is 0 Å². The molecule has 152 valence electrons. The van der Waals surface area contributed by atoms with Crippen LogP contribution in [0.4, 0.5) is 0 Å². The first-order chi connectivity index (χ1) is 13.9. The second-order valence-electron chi connectivity index (χ2n) is 7.09. The molecule has 0 saturated heterocycles. The molecule has 7 heteroatoms. The number of fused-ring (bicyclic) bond motifs is 1. The highest BCUT2D eigenvalue weighted by Gasteiger charge is 2.19. The van der Waals surface area contributed by atoms with Crippen molar-refractivity contribution < 1.29 is 4.79 Å². The predicted octanol–water partition coefficient (Wildman–Crippen LogP) is 4.78. The van der Waals surface area contributed by atoms with Crippen LogP contribution in [0.25, 0.3) is 10.9 Å². The Balaban J connectivity index is 1.78. The molecule has 3 rings (SSSR count).